The summed E-state index contributed by atoms with van der Waals surface area (Å²) in [4.78, 5) is 59.3. The molecule has 3 rings (SSSR count). The molecule has 0 spiro atoms. The molecule has 4 atom stereocenters. The molecule has 2 aromatic rings. The van der Waals surface area contributed by atoms with Crippen molar-refractivity contribution >= 4 is 35.4 Å². The number of pyridine rings is 2. The van der Waals surface area contributed by atoms with E-state index in [4.69, 9.17) is 30.5 Å². The van der Waals surface area contributed by atoms with Crippen LogP contribution in [0.3, 0.4) is 0 Å². The molecule has 12 nitrogen and oxygen atoms in total. The van der Waals surface area contributed by atoms with Crippen molar-refractivity contribution < 1.29 is 43.2 Å². The van der Waals surface area contributed by atoms with Crippen LogP contribution in [0.5, 0.6) is 11.5 Å². The van der Waals surface area contributed by atoms with E-state index in [1.807, 2.05) is 0 Å². The molecule has 0 saturated carbocycles. The SMILES string of the molecule is COc1ccnc(C(=O)NC2COC(=O)C(Cc3ccc(Cl)nc3)C(OC(=O)C(C)C)C(C)OC2=O)c1O. The number of aromatic hydroxyl groups is 1. The molecular weight excluding hydrogens is 522 g/mol. The Kier molecular flexibility index (Phi) is 9.45. The van der Waals surface area contributed by atoms with Gasteiger partial charge in [-0.15, -0.1) is 0 Å². The second-order valence-corrected chi connectivity index (χ2v) is 9.25. The number of nitrogens with zero attached hydrogens (tertiary/aromatic N) is 2. The molecule has 2 N–H and O–H groups in total. The fourth-order valence-electron chi connectivity index (χ4n) is 3.66. The van der Waals surface area contributed by atoms with E-state index < -0.39 is 72.0 Å². The van der Waals surface area contributed by atoms with Crippen LogP contribution >= 0.6 is 11.6 Å². The number of halogens is 1. The third-order valence-electron chi connectivity index (χ3n) is 5.74. The average molecular weight is 550 g/mol. The Morgan fingerprint density at radius 1 is 1.21 bits per heavy atom. The van der Waals surface area contributed by atoms with Gasteiger partial charge in [-0.25, -0.2) is 14.8 Å². The lowest BCUT2D eigenvalue weighted by Crippen LogP contribution is -2.47. The summed E-state index contributed by atoms with van der Waals surface area (Å²) in [5.74, 6) is -5.39. The van der Waals surface area contributed by atoms with Crippen LogP contribution in [0.1, 0.15) is 36.8 Å². The highest BCUT2D eigenvalue weighted by molar-refractivity contribution is 6.29. The number of methoxy groups -OCH3 is 1. The van der Waals surface area contributed by atoms with E-state index in [9.17, 15) is 24.3 Å². The van der Waals surface area contributed by atoms with Crippen LogP contribution in [0.25, 0.3) is 0 Å². The number of hydrogen-bond acceptors (Lipinski definition) is 11. The minimum Gasteiger partial charge on any atom is -0.503 e. The van der Waals surface area contributed by atoms with Crippen LogP contribution in [0, 0.1) is 11.8 Å². The van der Waals surface area contributed by atoms with Crippen LogP contribution < -0.4 is 10.1 Å². The third kappa shape index (κ3) is 6.88. The molecule has 0 aliphatic carbocycles. The second-order valence-electron chi connectivity index (χ2n) is 8.86. The number of esters is 3. The molecule has 0 radical (unpaired) electrons. The first-order valence-electron chi connectivity index (χ1n) is 11.7. The fraction of sp³-hybridized carbons (Fsp3) is 0.440. The zero-order valence-electron chi connectivity index (χ0n) is 21.2. The van der Waals surface area contributed by atoms with Gasteiger partial charge >= 0.3 is 17.9 Å². The number of ether oxygens (including phenoxy) is 4. The molecule has 0 bridgehead atoms. The number of carbonyl (C=O) groups is 4. The first-order chi connectivity index (χ1) is 18.0. The summed E-state index contributed by atoms with van der Waals surface area (Å²) in [5.41, 5.74) is 0.192. The summed E-state index contributed by atoms with van der Waals surface area (Å²) in [7, 11) is 1.30. The van der Waals surface area contributed by atoms with Crippen LogP contribution in [0.4, 0.5) is 0 Å². The van der Waals surface area contributed by atoms with Crippen LogP contribution in [0.15, 0.2) is 30.6 Å². The highest BCUT2D eigenvalue weighted by atomic mass is 35.5. The minimum absolute atomic E-state index is 0.00316. The quantitative estimate of drug-likeness (QED) is 0.294. The van der Waals surface area contributed by atoms with E-state index in [0.29, 0.717) is 5.56 Å². The van der Waals surface area contributed by atoms with Crippen molar-refractivity contribution in [2.75, 3.05) is 13.7 Å². The lowest BCUT2D eigenvalue weighted by molar-refractivity contribution is -0.176. The molecule has 1 fully saturated rings. The molecule has 204 valence electrons. The molecule has 38 heavy (non-hydrogen) atoms. The number of nitrogens with one attached hydrogen (secondary N) is 1. The normalized spacial score (nSPS) is 21.8. The van der Waals surface area contributed by atoms with Crippen LogP contribution in [0.2, 0.25) is 5.15 Å². The fourth-order valence-corrected chi connectivity index (χ4v) is 3.77. The molecule has 3 heterocycles. The lowest BCUT2D eigenvalue weighted by atomic mass is 9.91. The Bertz CT molecular complexity index is 1190. The molecule has 2 aromatic heterocycles. The zero-order valence-corrected chi connectivity index (χ0v) is 21.9. The van der Waals surface area contributed by atoms with E-state index in [2.05, 4.69) is 15.3 Å². The maximum absolute atomic E-state index is 13.2. The Balaban J connectivity index is 1.88. The second kappa shape index (κ2) is 12.5. The van der Waals surface area contributed by atoms with Gasteiger partial charge in [-0.05, 0) is 25.0 Å². The smallest absolute Gasteiger partial charge is 0.332 e. The van der Waals surface area contributed by atoms with Gasteiger partial charge in [-0.1, -0.05) is 31.5 Å². The Hall–Kier alpha value is -3.93. The highest BCUT2D eigenvalue weighted by Crippen LogP contribution is 2.28. The van der Waals surface area contributed by atoms with Gasteiger partial charge in [0.15, 0.2) is 29.3 Å². The third-order valence-corrected chi connectivity index (χ3v) is 5.96. The van der Waals surface area contributed by atoms with Gasteiger partial charge in [-0.3, -0.25) is 14.4 Å². The molecule has 13 heteroatoms. The predicted octanol–water partition coefficient (Wildman–Crippen LogP) is 1.86. The van der Waals surface area contributed by atoms with E-state index in [0.717, 1.165) is 0 Å². The molecule has 1 aliphatic heterocycles. The van der Waals surface area contributed by atoms with Gasteiger partial charge in [0.2, 0.25) is 0 Å². The van der Waals surface area contributed by atoms with Gasteiger partial charge in [-0.2, -0.15) is 0 Å². The molecule has 1 amide bonds. The molecule has 0 aromatic carbocycles. The molecular formula is C25H28ClN3O9. The van der Waals surface area contributed by atoms with Crippen molar-refractivity contribution in [3.63, 3.8) is 0 Å². The Labute approximate surface area is 223 Å². The van der Waals surface area contributed by atoms with Crippen LogP contribution in [-0.4, -0.2) is 70.9 Å². The van der Waals surface area contributed by atoms with Gasteiger partial charge in [0, 0.05) is 18.5 Å². The topological polar surface area (TPSA) is 163 Å². The van der Waals surface area contributed by atoms with Gasteiger partial charge in [0.1, 0.15) is 23.8 Å². The van der Waals surface area contributed by atoms with Crippen molar-refractivity contribution in [3.05, 3.63) is 47.0 Å². The number of amides is 1. The molecule has 4 unspecified atom stereocenters. The van der Waals surface area contributed by atoms with Crippen molar-refractivity contribution in [3.8, 4) is 11.5 Å². The summed E-state index contributed by atoms with van der Waals surface area (Å²) < 4.78 is 21.5. The maximum atomic E-state index is 13.2. The number of aromatic nitrogens is 2. The number of rotatable bonds is 7. The number of carbonyl (C=O) groups excluding carboxylic acids is 4. The summed E-state index contributed by atoms with van der Waals surface area (Å²) in [5, 5.41) is 12.8. The lowest BCUT2D eigenvalue weighted by Gasteiger charge is -2.29. The summed E-state index contributed by atoms with van der Waals surface area (Å²) in [6.07, 6.45) is 0.455. The highest BCUT2D eigenvalue weighted by Gasteiger charge is 2.42. The summed E-state index contributed by atoms with van der Waals surface area (Å²) >= 11 is 5.86. The van der Waals surface area contributed by atoms with Gasteiger partial charge in [0.05, 0.1) is 13.0 Å². The predicted molar refractivity (Wildman–Crippen MR) is 131 cm³/mol. The number of cyclic esters (lactones) is 2. The van der Waals surface area contributed by atoms with E-state index in [-0.39, 0.29) is 17.3 Å². The van der Waals surface area contributed by atoms with Gasteiger partial charge < -0.3 is 29.4 Å². The molecule has 1 saturated heterocycles. The van der Waals surface area contributed by atoms with E-state index in [1.54, 1.807) is 26.0 Å². The van der Waals surface area contributed by atoms with Gasteiger partial charge in [0.25, 0.3) is 5.91 Å². The summed E-state index contributed by atoms with van der Waals surface area (Å²) in [6.45, 7) is 4.13. The molecule has 1 aliphatic rings. The standard InChI is InChI=1S/C25H28ClN3O9/c1-12(2)23(32)38-21-13(3)37-25(34)16(29-22(31)19-20(30)17(35-4)7-8-27-19)11-36-24(33)15(21)9-14-5-6-18(26)28-10-14/h5-8,10,12-13,15-16,21,30H,9,11H2,1-4H3,(H,29,31). The zero-order chi connectivity index (χ0) is 28.0. The largest absolute Gasteiger partial charge is 0.503 e. The first kappa shape index (κ1) is 28.6. The minimum atomic E-state index is -1.45. The van der Waals surface area contributed by atoms with Crippen molar-refractivity contribution in [1.29, 1.82) is 0 Å². The van der Waals surface area contributed by atoms with Crippen molar-refractivity contribution in [2.45, 2.75) is 45.4 Å². The monoisotopic (exact) mass is 549 g/mol. The Morgan fingerprint density at radius 2 is 1.95 bits per heavy atom. The van der Waals surface area contributed by atoms with E-state index in [1.165, 1.54) is 32.5 Å². The summed E-state index contributed by atoms with van der Waals surface area (Å²) in [6, 6.07) is 3.10. The van der Waals surface area contributed by atoms with Crippen molar-refractivity contribution in [1.82, 2.24) is 15.3 Å². The number of hydrogen-bond donors (Lipinski definition) is 2. The average Bonchev–Trinajstić information content (AvgIpc) is 2.91. The Morgan fingerprint density at radius 3 is 2.58 bits per heavy atom. The van der Waals surface area contributed by atoms with E-state index >= 15 is 0 Å². The first-order valence-corrected chi connectivity index (χ1v) is 12.1. The van der Waals surface area contributed by atoms with Crippen LogP contribution in [-0.2, 0) is 35.0 Å². The van der Waals surface area contributed by atoms with Crippen molar-refractivity contribution in [2.24, 2.45) is 11.8 Å². The maximum Gasteiger partial charge on any atom is 0.332 e.